The van der Waals surface area contributed by atoms with Gasteiger partial charge in [0.25, 0.3) is 0 Å². The summed E-state index contributed by atoms with van der Waals surface area (Å²) in [6.45, 7) is 4.41. The van der Waals surface area contributed by atoms with Crippen LogP contribution in [-0.4, -0.2) is 55.6 Å². The molecule has 0 saturated carbocycles. The van der Waals surface area contributed by atoms with Crippen molar-refractivity contribution in [1.82, 2.24) is 0 Å². The van der Waals surface area contributed by atoms with Crippen LogP contribution in [0.1, 0.15) is 6.42 Å². The van der Waals surface area contributed by atoms with Gasteiger partial charge in [-0.3, -0.25) is 0 Å². The zero-order valence-electron chi connectivity index (χ0n) is 7.88. The lowest BCUT2D eigenvalue weighted by molar-refractivity contribution is -0.870. The summed E-state index contributed by atoms with van der Waals surface area (Å²) in [5, 5.41) is 15.9. The molecule has 0 spiro atoms. The second kappa shape index (κ2) is 7.98. The van der Waals surface area contributed by atoms with Gasteiger partial charge < -0.3 is 14.7 Å². The van der Waals surface area contributed by atoms with Crippen molar-refractivity contribution in [3.05, 3.63) is 6.92 Å². The Morgan fingerprint density at radius 1 is 1.18 bits per heavy atom. The number of nitrogens with zero attached hydrogens (tertiary/aromatic N) is 1. The van der Waals surface area contributed by atoms with Crippen LogP contribution in [0, 0.1) is 6.92 Å². The number of rotatable bonds is 3. The summed E-state index contributed by atoms with van der Waals surface area (Å²) in [5.41, 5.74) is 0. The van der Waals surface area contributed by atoms with E-state index in [0.29, 0.717) is 6.61 Å². The van der Waals surface area contributed by atoms with Crippen LogP contribution in [0.25, 0.3) is 0 Å². The Hall–Kier alpha value is -0.120. The van der Waals surface area contributed by atoms with Gasteiger partial charge in [-0.2, -0.15) is 0 Å². The van der Waals surface area contributed by atoms with Crippen LogP contribution in [-0.2, 0) is 0 Å². The first kappa shape index (κ1) is 13.5. The maximum atomic E-state index is 8.42. The zero-order valence-corrected chi connectivity index (χ0v) is 7.88. The molecule has 0 aliphatic rings. The van der Waals surface area contributed by atoms with E-state index in [1.165, 1.54) is 0 Å². The summed E-state index contributed by atoms with van der Waals surface area (Å²) in [7, 11) is 6.36. The molecule has 3 nitrogen and oxygen atoms in total. The molecule has 0 aliphatic carbocycles. The van der Waals surface area contributed by atoms with Crippen LogP contribution in [0.5, 0.6) is 0 Å². The third kappa shape index (κ3) is 25.8. The Labute approximate surface area is 69.9 Å². The predicted molar refractivity (Wildman–Crippen MR) is 47.0 cm³/mol. The monoisotopic (exact) mass is 163 g/mol. The minimum absolute atomic E-state index is 0. The van der Waals surface area contributed by atoms with Crippen molar-refractivity contribution in [2.24, 2.45) is 0 Å². The minimum atomic E-state index is 0. The fourth-order valence-electron chi connectivity index (χ4n) is 0.545. The van der Waals surface area contributed by atoms with Crippen molar-refractivity contribution in [2.75, 3.05) is 40.9 Å². The van der Waals surface area contributed by atoms with Gasteiger partial charge in [0.2, 0.25) is 0 Å². The van der Waals surface area contributed by atoms with Crippen LogP contribution in [0.3, 0.4) is 0 Å². The number of hydrogen-bond acceptors (Lipinski definition) is 2. The van der Waals surface area contributed by atoms with E-state index in [0.717, 1.165) is 17.4 Å². The Balaban J connectivity index is 0. The summed E-state index contributed by atoms with van der Waals surface area (Å²) in [6, 6.07) is 0. The fraction of sp³-hybridized carbons (Fsp3) is 0.875. The second-order valence-corrected chi connectivity index (χ2v) is 3.31. The molecule has 0 heterocycles. The van der Waals surface area contributed by atoms with Gasteiger partial charge >= 0.3 is 0 Å². The molecule has 11 heavy (non-hydrogen) atoms. The van der Waals surface area contributed by atoms with Crippen LogP contribution in [0.4, 0.5) is 0 Å². The lowest BCUT2D eigenvalue weighted by atomic mass is 10.4. The summed E-state index contributed by atoms with van der Waals surface area (Å²) in [5.74, 6) is 0. The molecule has 0 aliphatic heterocycles. The molecule has 69 valence electrons. The molecule has 3 heteroatoms. The van der Waals surface area contributed by atoms with Crippen LogP contribution < -0.4 is 0 Å². The van der Waals surface area contributed by atoms with E-state index in [-0.39, 0.29) is 6.61 Å². The second-order valence-electron chi connectivity index (χ2n) is 3.31. The Morgan fingerprint density at radius 2 is 1.55 bits per heavy atom. The quantitative estimate of drug-likeness (QED) is 0.570. The van der Waals surface area contributed by atoms with Gasteiger partial charge in [-0.15, -0.1) is 0 Å². The Kier molecular flexibility index (Phi) is 9.77. The molecule has 0 unspecified atom stereocenters. The van der Waals surface area contributed by atoms with Gasteiger partial charge in [0.15, 0.2) is 0 Å². The van der Waals surface area contributed by atoms with E-state index in [9.17, 15) is 0 Å². The molecule has 0 fully saturated rings. The fourth-order valence-corrected chi connectivity index (χ4v) is 0.545. The topological polar surface area (TPSA) is 40.5 Å². The van der Waals surface area contributed by atoms with Crippen molar-refractivity contribution < 1.29 is 14.7 Å². The highest BCUT2D eigenvalue weighted by Crippen LogP contribution is 1.90. The molecule has 0 rings (SSSR count). The van der Waals surface area contributed by atoms with Crippen molar-refractivity contribution >= 4 is 0 Å². The number of quaternary nitrogens is 1. The third-order valence-corrected chi connectivity index (χ3v) is 0.987. The first-order valence-corrected chi connectivity index (χ1v) is 3.79. The average Bonchev–Trinajstić information content (AvgIpc) is 1.84. The van der Waals surface area contributed by atoms with Gasteiger partial charge in [0.05, 0.1) is 27.7 Å². The van der Waals surface area contributed by atoms with Gasteiger partial charge in [0.1, 0.15) is 0 Å². The number of aliphatic hydroxyl groups excluding tert-OH is 2. The molecule has 0 aromatic rings. The molecule has 0 amide bonds. The normalized spacial score (nSPS) is 10.4. The first-order valence-electron chi connectivity index (χ1n) is 3.79. The molecule has 0 aromatic carbocycles. The van der Waals surface area contributed by atoms with Crippen molar-refractivity contribution in [1.29, 1.82) is 0 Å². The summed E-state index contributed by atoms with van der Waals surface area (Å²) in [4.78, 5) is 0. The number of hydrogen-bond donors (Lipinski definition) is 2. The zero-order chi connectivity index (χ0) is 9.33. The molecule has 0 atom stereocenters. The highest BCUT2D eigenvalue weighted by atomic mass is 16.3. The molecular formula is C8H21NO2+. The highest BCUT2D eigenvalue weighted by molar-refractivity contribution is 4.28. The standard InChI is InChI=1S/C6H16NO.C2H5O/c1-7(2,3)5-4-6-8;1-2-3/h8H,4-6H2,1-3H3;3H,1-2H2/q+1;. The molecular weight excluding hydrogens is 142 g/mol. The largest absolute Gasteiger partial charge is 0.396 e. The van der Waals surface area contributed by atoms with Crippen LogP contribution >= 0.6 is 0 Å². The maximum Gasteiger partial charge on any atom is 0.0802 e. The smallest absolute Gasteiger partial charge is 0.0802 e. The summed E-state index contributed by atoms with van der Waals surface area (Å²) in [6.07, 6.45) is 0.906. The highest BCUT2D eigenvalue weighted by Gasteiger charge is 2.03. The van der Waals surface area contributed by atoms with E-state index < -0.39 is 0 Å². The lowest BCUT2D eigenvalue weighted by Crippen LogP contribution is -2.35. The maximum absolute atomic E-state index is 8.42. The van der Waals surface area contributed by atoms with Gasteiger partial charge in [-0.25, -0.2) is 0 Å². The average molecular weight is 163 g/mol. The predicted octanol–water partition coefficient (Wildman–Crippen LogP) is -0.112. The third-order valence-electron chi connectivity index (χ3n) is 0.987. The van der Waals surface area contributed by atoms with E-state index in [1.807, 2.05) is 0 Å². The van der Waals surface area contributed by atoms with Crippen LogP contribution in [0.15, 0.2) is 0 Å². The van der Waals surface area contributed by atoms with Crippen molar-refractivity contribution in [3.8, 4) is 0 Å². The van der Waals surface area contributed by atoms with Gasteiger partial charge in [-0.05, 0) is 6.92 Å². The Morgan fingerprint density at radius 3 is 1.64 bits per heavy atom. The molecule has 0 bridgehead atoms. The van der Waals surface area contributed by atoms with E-state index in [4.69, 9.17) is 10.2 Å². The summed E-state index contributed by atoms with van der Waals surface area (Å²) < 4.78 is 0.945. The van der Waals surface area contributed by atoms with E-state index in [2.05, 4.69) is 28.1 Å². The van der Waals surface area contributed by atoms with Crippen LogP contribution in [0.2, 0.25) is 0 Å². The van der Waals surface area contributed by atoms with Crippen molar-refractivity contribution in [3.63, 3.8) is 0 Å². The summed E-state index contributed by atoms with van der Waals surface area (Å²) >= 11 is 0. The van der Waals surface area contributed by atoms with Crippen molar-refractivity contribution in [2.45, 2.75) is 6.42 Å². The number of aliphatic hydroxyl groups is 2. The lowest BCUT2D eigenvalue weighted by Gasteiger charge is -2.22. The first-order chi connectivity index (χ1) is 4.97. The van der Waals surface area contributed by atoms with E-state index >= 15 is 0 Å². The Bertz CT molecular complexity index is 69.0. The van der Waals surface area contributed by atoms with E-state index in [1.54, 1.807) is 0 Å². The molecule has 1 radical (unpaired) electrons. The van der Waals surface area contributed by atoms with Gasteiger partial charge in [-0.1, -0.05) is 0 Å². The molecule has 2 N–H and O–H groups in total. The molecule has 0 saturated heterocycles. The minimum Gasteiger partial charge on any atom is -0.396 e. The van der Waals surface area contributed by atoms with Gasteiger partial charge in [0, 0.05) is 19.6 Å². The SMILES string of the molecule is C[N+](C)(C)CCCO.[CH2]CO. The molecule has 0 aromatic heterocycles.